The predicted octanol–water partition coefficient (Wildman–Crippen LogP) is 1.11. The number of rotatable bonds is 2. The molecule has 9 heteroatoms. The summed E-state index contributed by atoms with van der Waals surface area (Å²) in [5.41, 5.74) is 0. The van der Waals surface area contributed by atoms with Gasteiger partial charge in [0.05, 0.1) is 0 Å². The second-order valence-electron chi connectivity index (χ2n) is 2.64. The minimum atomic E-state index is -4.96. The molecule has 1 aromatic carbocycles. The Labute approximate surface area is 86.0 Å². The van der Waals surface area contributed by atoms with Crippen LogP contribution in [0.2, 0.25) is 0 Å². The van der Waals surface area contributed by atoms with E-state index in [1.54, 1.807) is 0 Å². The third-order valence-electron chi connectivity index (χ3n) is 1.65. The minimum Gasteiger partial charge on any atom is -0.380 e. The number of aliphatic hydroxyl groups excluding tert-OH is 1. The van der Waals surface area contributed by atoms with Crippen LogP contribution in [-0.2, 0) is 9.84 Å². The van der Waals surface area contributed by atoms with E-state index in [2.05, 4.69) is 0 Å². The fraction of sp³-hybridized carbons (Fsp3) is 0.143. The lowest BCUT2D eigenvalue weighted by Crippen LogP contribution is -2.15. The zero-order chi connectivity index (χ0) is 12.7. The van der Waals surface area contributed by atoms with Gasteiger partial charge in [-0.3, -0.25) is 0 Å². The molecule has 0 unspecified atom stereocenters. The first-order valence-corrected chi connectivity index (χ1v) is 5.24. The van der Waals surface area contributed by atoms with Gasteiger partial charge in [0.15, 0.2) is 23.3 Å². The van der Waals surface area contributed by atoms with Crippen LogP contribution in [0.15, 0.2) is 4.90 Å². The summed E-state index contributed by atoms with van der Waals surface area (Å²) in [4.78, 5) is -2.04. The first-order chi connectivity index (χ1) is 7.24. The summed E-state index contributed by atoms with van der Waals surface area (Å²) in [5, 5.41) is 8.29. The van der Waals surface area contributed by atoms with Crippen molar-refractivity contribution in [2.45, 2.75) is 4.90 Å². The molecule has 1 rings (SSSR count). The lowest BCUT2D eigenvalue weighted by Gasteiger charge is -2.06. The summed E-state index contributed by atoms with van der Waals surface area (Å²) in [7, 11) is -4.96. The molecule has 0 spiro atoms. The van der Waals surface area contributed by atoms with Crippen LogP contribution in [0.3, 0.4) is 0 Å². The topological polar surface area (TPSA) is 54.4 Å². The quantitative estimate of drug-likeness (QED) is 0.376. The molecule has 0 saturated carbocycles. The Morgan fingerprint density at radius 3 is 1.44 bits per heavy atom. The van der Waals surface area contributed by atoms with Gasteiger partial charge in [-0.1, -0.05) is 0 Å². The first-order valence-electron chi connectivity index (χ1n) is 3.59. The van der Waals surface area contributed by atoms with Crippen LogP contribution in [0.4, 0.5) is 22.0 Å². The molecule has 16 heavy (non-hydrogen) atoms. The Balaban J connectivity index is 3.79. The predicted molar refractivity (Wildman–Crippen MR) is 40.5 cm³/mol. The molecular weight excluding hydrogens is 259 g/mol. The van der Waals surface area contributed by atoms with E-state index in [-0.39, 0.29) is 0 Å². The average molecular weight is 262 g/mol. The molecule has 0 heterocycles. The Morgan fingerprint density at radius 2 is 1.12 bits per heavy atom. The molecule has 3 nitrogen and oxygen atoms in total. The van der Waals surface area contributed by atoms with E-state index in [0.29, 0.717) is 0 Å². The summed E-state index contributed by atoms with van der Waals surface area (Å²) in [6.45, 7) is 0. The third-order valence-corrected chi connectivity index (χ3v) is 2.97. The maximum absolute atomic E-state index is 12.9. The molecular formula is C7H3F5O3S. The Morgan fingerprint density at radius 1 is 0.812 bits per heavy atom. The van der Waals surface area contributed by atoms with Gasteiger partial charge < -0.3 is 5.11 Å². The number of aliphatic hydroxyl groups is 1. The van der Waals surface area contributed by atoms with Gasteiger partial charge in [-0.05, 0) is 0 Å². The van der Waals surface area contributed by atoms with Crippen molar-refractivity contribution in [3.63, 3.8) is 0 Å². The van der Waals surface area contributed by atoms with Crippen molar-refractivity contribution >= 4 is 9.84 Å². The third kappa shape index (κ3) is 1.76. The maximum Gasteiger partial charge on any atom is 0.208 e. The summed E-state index contributed by atoms with van der Waals surface area (Å²) < 4.78 is 85.1. The highest BCUT2D eigenvalue weighted by molar-refractivity contribution is 7.91. The molecule has 0 fully saturated rings. The molecule has 90 valence electrons. The van der Waals surface area contributed by atoms with Crippen molar-refractivity contribution in [1.82, 2.24) is 0 Å². The van der Waals surface area contributed by atoms with Crippen molar-refractivity contribution in [2.75, 3.05) is 5.94 Å². The number of hydrogen-bond donors (Lipinski definition) is 1. The minimum absolute atomic E-state index is 1.77. The van der Waals surface area contributed by atoms with E-state index >= 15 is 0 Å². The average Bonchev–Trinajstić information content (AvgIpc) is 2.23. The highest BCUT2D eigenvalue weighted by atomic mass is 32.2. The van der Waals surface area contributed by atoms with Crippen molar-refractivity contribution in [3.05, 3.63) is 29.1 Å². The largest absolute Gasteiger partial charge is 0.380 e. The van der Waals surface area contributed by atoms with Crippen molar-refractivity contribution in [1.29, 1.82) is 0 Å². The molecule has 0 aliphatic heterocycles. The van der Waals surface area contributed by atoms with Crippen LogP contribution >= 0.6 is 0 Å². The lowest BCUT2D eigenvalue weighted by atomic mass is 10.3. The highest BCUT2D eigenvalue weighted by Crippen LogP contribution is 2.26. The zero-order valence-electron chi connectivity index (χ0n) is 7.27. The van der Waals surface area contributed by atoms with E-state index in [9.17, 15) is 30.4 Å². The molecule has 1 aromatic rings. The van der Waals surface area contributed by atoms with Crippen molar-refractivity contribution in [3.8, 4) is 0 Å². The molecule has 0 amide bonds. The lowest BCUT2D eigenvalue weighted by molar-refractivity contribution is 0.342. The number of hydrogen-bond acceptors (Lipinski definition) is 3. The van der Waals surface area contributed by atoms with Crippen LogP contribution in [0.1, 0.15) is 0 Å². The monoisotopic (exact) mass is 262 g/mol. The summed E-state index contributed by atoms with van der Waals surface area (Å²) in [6, 6.07) is 0. The van der Waals surface area contributed by atoms with Gasteiger partial charge in [-0.2, -0.15) is 0 Å². The Bertz CT molecular complexity index is 510. The van der Waals surface area contributed by atoms with Gasteiger partial charge in [-0.15, -0.1) is 0 Å². The Kier molecular flexibility index (Phi) is 3.20. The molecule has 1 N–H and O–H groups in total. The molecule has 0 bridgehead atoms. The van der Waals surface area contributed by atoms with Gasteiger partial charge in [0.25, 0.3) is 0 Å². The van der Waals surface area contributed by atoms with Crippen LogP contribution in [0, 0.1) is 29.1 Å². The zero-order valence-corrected chi connectivity index (χ0v) is 8.09. The van der Waals surface area contributed by atoms with Gasteiger partial charge in [0.1, 0.15) is 10.8 Å². The van der Waals surface area contributed by atoms with Gasteiger partial charge >= 0.3 is 0 Å². The highest BCUT2D eigenvalue weighted by Gasteiger charge is 2.32. The van der Waals surface area contributed by atoms with E-state index in [1.165, 1.54) is 0 Å². The van der Waals surface area contributed by atoms with E-state index in [0.717, 1.165) is 0 Å². The molecule has 0 atom stereocenters. The summed E-state index contributed by atoms with van der Waals surface area (Å²) >= 11 is 0. The smallest absolute Gasteiger partial charge is 0.208 e. The van der Waals surface area contributed by atoms with Crippen LogP contribution in [-0.4, -0.2) is 19.5 Å². The number of sulfone groups is 1. The van der Waals surface area contributed by atoms with E-state index in [4.69, 9.17) is 5.11 Å². The molecule has 0 aromatic heterocycles. The van der Waals surface area contributed by atoms with E-state index < -0.39 is 49.8 Å². The second-order valence-corrected chi connectivity index (χ2v) is 4.54. The molecule has 0 radical (unpaired) electrons. The SMILES string of the molecule is O=S(=O)(CO)c1c(F)c(F)c(F)c(F)c1F. The molecule has 0 aliphatic carbocycles. The van der Waals surface area contributed by atoms with E-state index in [1.807, 2.05) is 0 Å². The summed E-state index contributed by atoms with van der Waals surface area (Å²) in [5.74, 6) is -14.0. The van der Waals surface area contributed by atoms with Gasteiger partial charge in [-0.25, -0.2) is 30.4 Å². The van der Waals surface area contributed by atoms with Gasteiger partial charge in [0, 0.05) is 0 Å². The van der Waals surface area contributed by atoms with Crippen LogP contribution in [0.25, 0.3) is 0 Å². The van der Waals surface area contributed by atoms with Crippen molar-refractivity contribution in [2.24, 2.45) is 0 Å². The first kappa shape index (κ1) is 12.8. The second kappa shape index (κ2) is 3.98. The number of benzene rings is 1. The van der Waals surface area contributed by atoms with Gasteiger partial charge in [0.2, 0.25) is 15.7 Å². The van der Waals surface area contributed by atoms with Crippen LogP contribution < -0.4 is 0 Å². The summed E-state index contributed by atoms with van der Waals surface area (Å²) in [6.07, 6.45) is 0. The standard InChI is InChI=1S/C7H3F5O3S/c8-2-3(9)5(11)7(6(12)4(2)10)16(14,15)1-13/h13H,1H2. The Hall–Kier alpha value is -1.22. The normalized spacial score (nSPS) is 11.9. The number of halogens is 5. The molecule has 0 saturated heterocycles. The van der Waals surface area contributed by atoms with Crippen molar-refractivity contribution < 1.29 is 35.5 Å². The fourth-order valence-electron chi connectivity index (χ4n) is 0.922. The fourth-order valence-corrected chi connectivity index (χ4v) is 1.78. The maximum atomic E-state index is 12.9. The van der Waals surface area contributed by atoms with Crippen LogP contribution in [0.5, 0.6) is 0 Å². The molecule has 0 aliphatic rings.